The van der Waals surface area contributed by atoms with Gasteiger partial charge in [0.15, 0.2) is 0 Å². The Morgan fingerprint density at radius 1 is 1.04 bits per heavy atom. The highest BCUT2D eigenvalue weighted by Gasteiger charge is 2.30. The number of benzene rings is 1. The Morgan fingerprint density at radius 2 is 1.75 bits per heavy atom. The van der Waals surface area contributed by atoms with E-state index in [1.165, 1.54) is 5.56 Å². The Labute approximate surface area is 141 Å². The minimum atomic E-state index is -1.03. The smallest absolute Gasteiger partial charge is 0.404 e. The first-order valence-corrected chi connectivity index (χ1v) is 8.41. The predicted molar refractivity (Wildman–Crippen MR) is 89.8 cm³/mol. The Hall–Kier alpha value is -2.28. The quantitative estimate of drug-likeness (QED) is 0.776. The summed E-state index contributed by atoms with van der Waals surface area (Å²) in [5.41, 5.74) is 1.28. The van der Waals surface area contributed by atoms with Crippen LogP contribution in [0, 0.1) is 0 Å². The number of likely N-dealkylation sites (tertiary alicyclic amines) is 2. The van der Waals surface area contributed by atoms with Gasteiger partial charge in [0.2, 0.25) is 0 Å². The molecule has 2 aliphatic rings. The highest BCUT2D eigenvalue weighted by Crippen LogP contribution is 2.15. The molecule has 3 amide bonds. The maximum absolute atomic E-state index is 12.3. The van der Waals surface area contributed by atoms with Crippen molar-refractivity contribution < 1.29 is 14.7 Å². The number of urea groups is 1. The molecule has 0 saturated carbocycles. The average Bonchev–Trinajstić information content (AvgIpc) is 3.17. The zero-order chi connectivity index (χ0) is 16.9. The molecule has 0 aromatic heterocycles. The average molecular weight is 332 g/mol. The van der Waals surface area contributed by atoms with Crippen LogP contribution in [0.25, 0.3) is 0 Å². The van der Waals surface area contributed by atoms with Crippen molar-refractivity contribution in [2.24, 2.45) is 0 Å². The molecule has 0 aliphatic carbocycles. The molecule has 0 unspecified atom stereocenters. The van der Waals surface area contributed by atoms with Crippen LogP contribution in [0.5, 0.6) is 0 Å². The number of carboxylic acid groups (broad SMARTS) is 1. The van der Waals surface area contributed by atoms with Gasteiger partial charge in [-0.3, -0.25) is 4.90 Å². The van der Waals surface area contributed by atoms with Gasteiger partial charge in [0.1, 0.15) is 0 Å². The molecule has 0 radical (unpaired) electrons. The van der Waals surface area contributed by atoms with Gasteiger partial charge in [-0.05, 0) is 18.4 Å². The summed E-state index contributed by atoms with van der Waals surface area (Å²) in [5.74, 6) is 0. The number of nitrogens with one attached hydrogen (secondary N) is 2. The second kappa shape index (κ2) is 7.53. The Kier molecular flexibility index (Phi) is 5.20. The molecule has 7 heteroatoms. The number of hydrogen-bond acceptors (Lipinski definition) is 3. The van der Waals surface area contributed by atoms with Gasteiger partial charge < -0.3 is 20.6 Å². The molecule has 2 atom stereocenters. The summed E-state index contributed by atoms with van der Waals surface area (Å²) >= 11 is 0. The molecule has 3 rings (SSSR count). The fourth-order valence-electron chi connectivity index (χ4n) is 3.44. The summed E-state index contributed by atoms with van der Waals surface area (Å²) in [7, 11) is 0. The van der Waals surface area contributed by atoms with Crippen molar-refractivity contribution in [1.82, 2.24) is 20.4 Å². The van der Waals surface area contributed by atoms with Gasteiger partial charge in [-0.25, -0.2) is 9.59 Å². The van der Waals surface area contributed by atoms with E-state index in [-0.39, 0.29) is 18.1 Å². The topological polar surface area (TPSA) is 84.9 Å². The van der Waals surface area contributed by atoms with Crippen LogP contribution in [0.15, 0.2) is 30.3 Å². The van der Waals surface area contributed by atoms with Crippen molar-refractivity contribution in [3.8, 4) is 0 Å². The summed E-state index contributed by atoms with van der Waals surface area (Å²) in [5, 5.41) is 14.3. The van der Waals surface area contributed by atoms with Crippen LogP contribution in [0.4, 0.5) is 9.59 Å². The SMILES string of the molecule is O=C(O)N[C@@H]1CCN(C(=O)N[C@@H]2CCN(Cc3ccccc3)C2)C1. The van der Waals surface area contributed by atoms with E-state index in [0.717, 1.165) is 26.1 Å². The number of amides is 3. The minimum Gasteiger partial charge on any atom is -0.465 e. The van der Waals surface area contributed by atoms with Gasteiger partial charge in [0.25, 0.3) is 0 Å². The first-order chi connectivity index (χ1) is 11.6. The molecular formula is C17H24N4O3. The Bertz CT molecular complexity index is 580. The van der Waals surface area contributed by atoms with E-state index >= 15 is 0 Å². The second-order valence-corrected chi connectivity index (χ2v) is 6.54. The van der Waals surface area contributed by atoms with Crippen LogP contribution < -0.4 is 10.6 Å². The maximum Gasteiger partial charge on any atom is 0.404 e. The zero-order valence-corrected chi connectivity index (χ0v) is 13.6. The minimum absolute atomic E-state index is 0.0868. The van der Waals surface area contributed by atoms with E-state index in [9.17, 15) is 9.59 Å². The lowest BCUT2D eigenvalue weighted by molar-refractivity contribution is 0.187. The summed E-state index contributed by atoms with van der Waals surface area (Å²) in [4.78, 5) is 27.0. The molecular weight excluding hydrogens is 308 g/mol. The van der Waals surface area contributed by atoms with E-state index in [0.29, 0.717) is 19.5 Å². The van der Waals surface area contributed by atoms with Crippen LogP contribution in [-0.4, -0.2) is 65.3 Å². The Morgan fingerprint density at radius 3 is 2.50 bits per heavy atom. The highest BCUT2D eigenvalue weighted by molar-refractivity contribution is 5.75. The van der Waals surface area contributed by atoms with Gasteiger partial charge in [-0.1, -0.05) is 30.3 Å². The Balaban J connectivity index is 1.42. The van der Waals surface area contributed by atoms with Crippen LogP contribution in [0.3, 0.4) is 0 Å². The molecule has 2 fully saturated rings. The fraction of sp³-hybridized carbons (Fsp3) is 0.529. The van der Waals surface area contributed by atoms with Gasteiger partial charge in [0, 0.05) is 38.8 Å². The standard InChI is InChI=1S/C17H24N4O3/c22-16(21-9-7-15(12-21)19-17(23)24)18-14-6-8-20(11-14)10-13-4-2-1-3-5-13/h1-5,14-15,19H,6-12H2,(H,18,22)(H,23,24)/t14-,15-/m1/s1. The number of nitrogens with zero attached hydrogens (tertiary/aromatic N) is 2. The number of carbonyl (C=O) groups is 2. The lowest BCUT2D eigenvalue weighted by Gasteiger charge is -2.21. The third-order valence-electron chi connectivity index (χ3n) is 4.65. The molecule has 0 spiro atoms. The van der Waals surface area contributed by atoms with Gasteiger partial charge in [-0.2, -0.15) is 0 Å². The molecule has 130 valence electrons. The molecule has 24 heavy (non-hydrogen) atoms. The first kappa shape index (κ1) is 16.6. The molecule has 2 aliphatic heterocycles. The third-order valence-corrected chi connectivity index (χ3v) is 4.65. The largest absolute Gasteiger partial charge is 0.465 e. The highest BCUT2D eigenvalue weighted by atomic mass is 16.4. The van der Waals surface area contributed by atoms with Gasteiger partial charge >= 0.3 is 12.1 Å². The molecule has 0 bridgehead atoms. The van der Waals surface area contributed by atoms with Gasteiger partial charge in [0.05, 0.1) is 6.04 Å². The van der Waals surface area contributed by atoms with Crippen molar-refractivity contribution in [2.45, 2.75) is 31.5 Å². The van der Waals surface area contributed by atoms with E-state index in [4.69, 9.17) is 5.11 Å². The van der Waals surface area contributed by atoms with E-state index in [1.807, 2.05) is 18.2 Å². The van der Waals surface area contributed by atoms with Crippen LogP contribution in [0.1, 0.15) is 18.4 Å². The zero-order valence-electron chi connectivity index (χ0n) is 13.6. The summed E-state index contributed by atoms with van der Waals surface area (Å²) in [6.45, 7) is 3.77. The summed E-state index contributed by atoms with van der Waals surface area (Å²) in [6, 6.07) is 10.2. The lowest BCUT2D eigenvalue weighted by Crippen LogP contribution is -2.46. The fourth-order valence-corrected chi connectivity index (χ4v) is 3.44. The first-order valence-electron chi connectivity index (χ1n) is 8.41. The van der Waals surface area contributed by atoms with E-state index in [1.54, 1.807) is 4.90 Å². The van der Waals surface area contributed by atoms with Crippen LogP contribution in [0.2, 0.25) is 0 Å². The van der Waals surface area contributed by atoms with Gasteiger partial charge in [-0.15, -0.1) is 0 Å². The predicted octanol–water partition coefficient (Wildman–Crippen LogP) is 1.31. The van der Waals surface area contributed by atoms with Crippen molar-refractivity contribution >= 4 is 12.1 Å². The van der Waals surface area contributed by atoms with Crippen molar-refractivity contribution in [1.29, 1.82) is 0 Å². The second-order valence-electron chi connectivity index (χ2n) is 6.54. The number of rotatable bonds is 4. The maximum atomic E-state index is 12.3. The molecule has 2 heterocycles. The van der Waals surface area contributed by atoms with Crippen LogP contribution >= 0.6 is 0 Å². The van der Waals surface area contributed by atoms with Crippen molar-refractivity contribution in [2.75, 3.05) is 26.2 Å². The van der Waals surface area contributed by atoms with E-state index in [2.05, 4.69) is 27.7 Å². The lowest BCUT2D eigenvalue weighted by atomic mass is 10.2. The summed E-state index contributed by atoms with van der Waals surface area (Å²) < 4.78 is 0. The molecule has 2 saturated heterocycles. The third kappa shape index (κ3) is 4.38. The van der Waals surface area contributed by atoms with Crippen LogP contribution in [-0.2, 0) is 6.54 Å². The number of hydrogen-bond donors (Lipinski definition) is 3. The van der Waals surface area contributed by atoms with Crippen molar-refractivity contribution in [3.63, 3.8) is 0 Å². The van der Waals surface area contributed by atoms with Crippen molar-refractivity contribution in [3.05, 3.63) is 35.9 Å². The number of carbonyl (C=O) groups excluding carboxylic acids is 1. The molecule has 3 N–H and O–H groups in total. The molecule has 1 aromatic carbocycles. The molecule has 7 nitrogen and oxygen atoms in total. The normalized spacial score (nSPS) is 24.1. The van der Waals surface area contributed by atoms with E-state index < -0.39 is 6.09 Å². The molecule has 1 aromatic rings. The monoisotopic (exact) mass is 332 g/mol. The summed E-state index contributed by atoms with van der Waals surface area (Å²) in [6.07, 6.45) is 0.586.